The highest BCUT2D eigenvalue weighted by Crippen LogP contribution is 2.05. The average Bonchev–Trinajstić information content (AvgIpc) is 2.04. The van der Waals surface area contributed by atoms with E-state index in [0.29, 0.717) is 17.9 Å². The van der Waals surface area contributed by atoms with Crippen molar-refractivity contribution < 1.29 is 9.84 Å². The number of halogens is 1. The van der Waals surface area contributed by atoms with Gasteiger partial charge in [-0.05, 0) is 12.3 Å². The van der Waals surface area contributed by atoms with E-state index in [1.54, 1.807) is 0 Å². The molecule has 0 aromatic rings. The first-order valence-corrected chi connectivity index (χ1v) is 5.64. The van der Waals surface area contributed by atoms with Crippen molar-refractivity contribution in [1.82, 2.24) is 0 Å². The van der Waals surface area contributed by atoms with Gasteiger partial charge in [0.15, 0.2) is 0 Å². The SMILES string of the molecule is CCCC(C)COCC(O)CBr. The lowest BCUT2D eigenvalue weighted by atomic mass is 10.1. The van der Waals surface area contributed by atoms with Gasteiger partial charge in [0.1, 0.15) is 0 Å². The molecular formula is C9H19BrO2. The Morgan fingerprint density at radius 2 is 2.08 bits per heavy atom. The molecule has 0 rings (SSSR count). The summed E-state index contributed by atoms with van der Waals surface area (Å²) in [7, 11) is 0. The Balaban J connectivity index is 3.18. The topological polar surface area (TPSA) is 29.5 Å². The van der Waals surface area contributed by atoms with E-state index >= 15 is 0 Å². The molecule has 2 nitrogen and oxygen atoms in total. The zero-order chi connectivity index (χ0) is 9.40. The van der Waals surface area contributed by atoms with Crippen molar-refractivity contribution >= 4 is 15.9 Å². The second-order valence-corrected chi connectivity index (χ2v) is 3.89. The lowest BCUT2D eigenvalue weighted by Gasteiger charge is -2.12. The highest BCUT2D eigenvalue weighted by molar-refractivity contribution is 9.09. The van der Waals surface area contributed by atoms with E-state index in [1.807, 2.05) is 0 Å². The Hall–Kier alpha value is 0.400. The van der Waals surface area contributed by atoms with Gasteiger partial charge < -0.3 is 9.84 Å². The van der Waals surface area contributed by atoms with E-state index in [2.05, 4.69) is 29.8 Å². The minimum absolute atomic E-state index is 0.362. The molecule has 0 spiro atoms. The first-order chi connectivity index (χ1) is 5.70. The first kappa shape index (κ1) is 12.4. The summed E-state index contributed by atoms with van der Waals surface area (Å²) in [5.41, 5.74) is 0. The van der Waals surface area contributed by atoms with Crippen LogP contribution in [0.25, 0.3) is 0 Å². The normalized spacial score (nSPS) is 16.0. The van der Waals surface area contributed by atoms with E-state index in [4.69, 9.17) is 9.84 Å². The van der Waals surface area contributed by atoms with Gasteiger partial charge in [0.25, 0.3) is 0 Å². The molecule has 0 radical (unpaired) electrons. The lowest BCUT2D eigenvalue weighted by Crippen LogP contribution is -2.18. The second kappa shape index (κ2) is 8.02. The molecule has 0 saturated heterocycles. The third kappa shape index (κ3) is 7.07. The smallest absolute Gasteiger partial charge is 0.0870 e. The summed E-state index contributed by atoms with van der Waals surface area (Å²) in [4.78, 5) is 0. The molecule has 0 aliphatic carbocycles. The summed E-state index contributed by atoms with van der Waals surface area (Å²) >= 11 is 3.18. The number of hydrogen-bond acceptors (Lipinski definition) is 2. The van der Waals surface area contributed by atoms with Gasteiger partial charge in [-0.25, -0.2) is 0 Å². The Labute approximate surface area is 83.4 Å². The molecule has 12 heavy (non-hydrogen) atoms. The molecule has 0 fully saturated rings. The number of alkyl halides is 1. The molecule has 2 atom stereocenters. The maximum atomic E-state index is 9.13. The van der Waals surface area contributed by atoms with Crippen LogP contribution in [0, 0.1) is 5.92 Å². The van der Waals surface area contributed by atoms with Crippen LogP contribution in [0.5, 0.6) is 0 Å². The molecular weight excluding hydrogens is 220 g/mol. The highest BCUT2D eigenvalue weighted by atomic mass is 79.9. The monoisotopic (exact) mass is 238 g/mol. The molecule has 0 aromatic heterocycles. The van der Waals surface area contributed by atoms with Crippen LogP contribution in [0.3, 0.4) is 0 Å². The molecule has 74 valence electrons. The van der Waals surface area contributed by atoms with Crippen LogP contribution in [-0.4, -0.2) is 29.8 Å². The first-order valence-electron chi connectivity index (χ1n) is 4.52. The third-order valence-electron chi connectivity index (χ3n) is 1.67. The van der Waals surface area contributed by atoms with Crippen molar-refractivity contribution in [2.75, 3.05) is 18.5 Å². The predicted octanol–water partition coefficient (Wildman–Crippen LogP) is 2.20. The summed E-state index contributed by atoms with van der Waals surface area (Å²) in [5, 5.41) is 9.72. The van der Waals surface area contributed by atoms with Crippen LogP contribution in [0.2, 0.25) is 0 Å². The number of hydrogen-bond donors (Lipinski definition) is 1. The van der Waals surface area contributed by atoms with Gasteiger partial charge in [0.2, 0.25) is 0 Å². The molecule has 0 saturated carbocycles. The quantitative estimate of drug-likeness (QED) is 0.690. The van der Waals surface area contributed by atoms with Crippen molar-refractivity contribution in [3.8, 4) is 0 Å². The zero-order valence-electron chi connectivity index (χ0n) is 7.92. The fraction of sp³-hybridized carbons (Fsp3) is 1.00. The third-order valence-corrected chi connectivity index (χ3v) is 2.42. The molecule has 2 unspecified atom stereocenters. The summed E-state index contributed by atoms with van der Waals surface area (Å²) in [5.74, 6) is 0.609. The Morgan fingerprint density at radius 3 is 2.58 bits per heavy atom. The molecule has 1 N–H and O–H groups in total. The molecule has 0 aliphatic heterocycles. The van der Waals surface area contributed by atoms with Crippen LogP contribution in [0.4, 0.5) is 0 Å². The minimum Gasteiger partial charge on any atom is -0.390 e. The van der Waals surface area contributed by atoms with Crippen molar-refractivity contribution in [1.29, 1.82) is 0 Å². The molecule has 0 aromatic carbocycles. The van der Waals surface area contributed by atoms with E-state index < -0.39 is 0 Å². The molecule has 0 amide bonds. The van der Waals surface area contributed by atoms with Gasteiger partial charge in [-0.1, -0.05) is 36.2 Å². The van der Waals surface area contributed by atoms with Crippen LogP contribution >= 0.6 is 15.9 Å². The molecule has 0 heterocycles. The summed E-state index contributed by atoms with van der Waals surface area (Å²) in [6, 6.07) is 0. The number of aliphatic hydroxyl groups is 1. The standard InChI is InChI=1S/C9H19BrO2/c1-3-4-8(2)6-12-7-9(11)5-10/h8-9,11H,3-7H2,1-2H3. The highest BCUT2D eigenvalue weighted by Gasteiger charge is 2.04. The maximum absolute atomic E-state index is 9.13. The van der Waals surface area contributed by atoms with Crippen LogP contribution in [0.15, 0.2) is 0 Å². The largest absolute Gasteiger partial charge is 0.390 e. The van der Waals surface area contributed by atoms with Gasteiger partial charge in [-0.2, -0.15) is 0 Å². The fourth-order valence-electron chi connectivity index (χ4n) is 1.03. The molecule has 0 bridgehead atoms. The molecule has 3 heteroatoms. The Morgan fingerprint density at radius 1 is 1.42 bits per heavy atom. The zero-order valence-corrected chi connectivity index (χ0v) is 9.51. The minimum atomic E-state index is -0.362. The predicted molar refractivity (Wildman–Crippen MR) is 54.7 cm³/mol. The number of ether oxygens (including phenoxy) is 1. The van der Waals surface area contributed by atoms with Gasteiger partial charge in [0.05, 0.1) is 12.7 Å². The lowest BCUT2D eigenvalue weighted by molar-refractivity contribution is 0.0331. The Bertz CT molecular complexity index is 98.5. The van der Waals surface area contributed by atoms with Crippen LogP contribution < -0.4 is 0 Å². The maximum Gasteiger partial charge on any atom is 0.0870 e. The van der Waals surface area contributed by atoms with Gasteiger partial charge >= 0.3 is 0 Å². The number of aliphatic hydroxyl groups excluding tert-OH is 1. The van der Waals surface area contributed by atoms with Gasteiger partial charge in [-0.15, -0.1) is 0 Å². The summed E-state index contributed by atoms with van der Waals surface area (Å²) < 4.78 is 5.32. The molecule has 0 aliphatic rings. The van der Waals surface area contributed by atoms with Crippen molar-refractivity contribution in [2.45, 2.75) is 32.8 Å². The van der Waals surface area contributed by atoms with Crippen molar-refractivity contribution in [2.24, 2.45) is 5.92 Å². The van der Waals surface area contributed by atoms with E-state index in [-0.39, 0.29) is 6.10 Å². The van der Waals surface area contributed by atoms with E-state index in [9.17, 15) is 0 Å². The second-order valence-electron chi connectivity index (χ2n) is 3.24. The van der Waals surface area contributed by atoms with E-state index in [0.717, 1.165) is 6.61 Å². The van der Waals surface area contributed by atoms with E-state index in [1.165, 1.54) is 12.8 Å². The van der Waals surface area contributed by atoms with Gasteiger partial charge in [-0.3, -0.25) is 0 Å². The number of rotatable bonds is 7. The van der Waals surface area contributed by atoms with Crippen molar-refractivity contribution in [3.63, 3.8) is 0 Å². The summed E-state index contributed by atoms with van der Waals surface area (Å²) in [6.07, 6.45) is 2.04. The van der Waals surface area contributed by atoms with Crippen LogP contribution in [0.1, 0.15) is 26.7 Å². The average molecular weight is 239 g/mol. The summed E-state index contributed by atoms with van der Waals surface area (Å²) in [6.45, 7) is 5.55. The van der Waals surface area contributed by atoms with Gasteiger partial charge in [0, 0.05) is 11.9 Å². The fourth-order valence-corrected chi connectivity index (χ4v) is 1.21. The van der Waals surface area contributed by atoms with Crippen molar-refractivity contribution in [3.05, 3.63) is 0 Å². The van der Waals surface area contributed by atoms with Crippen LogP contribution in [-0.2, 0) is 4.74 Å². The Kier molecular flexibility index (Phi) is 8.29.